The SMILES string of the molecule is Cc1ccc(NCC(O)c2ccccc2C)cc1. The number of anilines is 1. The van der Waals surface area contributed by atoms with Crippen molar-refractivity contribution in [3.8, 4) is 0 Å². The van der Waals surface area contributed by atoms with E-state index in [0.717, 1.165) is 16.8 Å². The van der Waals surface area contributed by atoms with E-state index < -0.39 is 6.10 Å². The summed E-state index contributed by atoms with van der Waals surface area (Å²) in [5.74, 6) is 0. The van der Waals surface area contributed by atoms with Gasteiger partial charge in [0.15, 0.2) is 0 Å². The second-order valence-electron chi connectivity index (χ2n) is 4.62. The molecule has 0 aromatic heterocycles. The molecule has 0 saturated heterocycles. The summed E-state index contributed by atoms with van der Waals surface area (Å²) in [7, 11) is 0. The lowest BCUT2D eigenvalue weighted by atomic mass is 10.0. The van der Waals surface area contributed by atoms with Crippen LogP contribution in [0.25, 0.3) is 0 Å². The Morgan fingerprint density at radius 3 is 2.33 bits per heavy atom. The first kappa shape index (κ1) is 12.7. The number of hydrogen-bond acceptors (Lipinski definition) is 2. The van der Waals surface area contributed by atoms with Gasteiger partial charge >= 0.3 is 0 Å². The molecule has 94 valence electrons. The minimum absolute atomic E-state index is 0.479. The molecule has 1 atom stereocenters. The van der Waals surface area contributed by atoms with Gasteiger partial charge in [0.25, 0.3) is 0 Å². The van der Waals surface area contributed by atoms with Gasteiger partial charge in [0.05, 0.1) is 6.10 Å². The molecule has 0 aliphatic heterocycles. The van der Waals surface area contributed by atoms with Crippen molar-refractivity contribution in [3.63, 3.8) is 0 Å². The van der Waals surface area contributed by atoms with Crippen molar-refractivity contribution in [2.24, 2.45) is 0 Å². The van der Waals surface area contributed by atoms with Crippen LogP contribution in [0.15, 0.2) is 48.5 Å². The molecule has 0 aliphatic rings. The summed E-state index contributed by atoms with van der Waals surface area (Å²) in [6.45, 7) is 4.60. The Bertz CT molecular complexity index is 505. The number of benzene rings is 2. The van der Waals surface area contributed by atoms with E-state index in [1.165, 1.54) is 5.56 Å². The van der Waals surface area contributed by atoms with Crippen LogP contribution in [0.4, 0.5) is 5.69 Å². The van der Waals surface area contributed by atoms with Crippen molar-refractivity contribution >= 4 is 5.69 Å². The van der Waals surface area contributed by atoms with Crippen LogP contribution in [0, 0.1) is 13.8 Å². The number of aliphatic hydroxyl groups excluding tert-OH is 1. The van der Waals surface area contributed by atoms with Crippen LogP contribution >= 0.6 is 0 Å². The molecule has 2 nitrogen and oxygen atoms in total. The Hall–Kier alpha value is -1.80. The Labute approximate surface area is 108 Å². The van der Waals surface area contributed by atoms with Crippen molar-refractivity contribution in [3.05, 3.63) is 65.2 Å². The molecule has 0 heterocycles. The highest BCUT2D eigenvalue weighted by Crippen LogP contribution is 2.18. The maximum atomic E-state index is 10.2. The zero-order valence-electron chi connectivity index (χ0n) is 10.9. The van der Waals surface area contributed by atoms with Crippen LogP contribution in [0.1, 0.15) is 22.8 Å². The minimum atomic E-state index is -0.479. The van der Waals surface area contributed by atoms with Gasteiger partial charge in [-0.05, 0) is 37.1 Å². The van der Waals surface area contributed by atoms with E-state index >= 15 is 0 Å². The highest BCUT2D eigenvalue weighted by molar-refractivity contribution is 5.44. The highest BCUT2D eigenvalue weighted by Gasteiger charge is 2.09. The summed E-state index contributed by atoms with van der Waals surface area (Å²) < 4.78 is 0. The minimum Gasteiger partial charge on any atom is -0.387 e. The Kier molecular flexibility index (Phi) is 4.00. The van der Waals surface area contributed by atoms with Crippen LogP contribution in [-0.2, 0) is 0 Å². The molecule has 2 N–H and O–H groups in total. The summed E-state index contributed by atoms with van der Waals surface area (Å²) in [4.78, 5) is 0. The van der Waals surface area contributed by atoms with E-state index in [-0.39, 0.29) is 0 Å². The van der Waals surface area contributed by atoms with Gasteiger partial charge in [0.2, 0.25) is 0 Å². The van der Waals surface area contributed by atoms with E-state index in [0.29, 0.717) is 6.54 Å². The summed E-state index contributed by atoms with van der Waals surface area (Å²) in [6.07, 6.45) is -0.479. The molecule has 2 aromatic rings. The van der Waals surface area contributed by atoms with E-state index in [4.69, 9.17) is 0 Å². The molecule has 2 heteroatoms. The maximum absolute atomic E-state index is 10.2. The molecule has 0 saturated carbocycles. The van der Waals surface area contributed by atoms with E-state index in [1.807, 2.05) is 43.3 Å². The second kappa shape index (κ2) is 5.69. The number of rotatable bonds is 4. The second-order valence-corrected chi connectivity index (χ2v) is 4.62. The van der Waals surface area contributed by atoms with Crippen molar-refractivity contribution < 1.29 is 5.11 Å². The van der Waals surface area contributed by atoms with Crippen LogP contribution in [0.2, 0.25) is 0 Å². The van der Waals surface area contributed by atoms with Crippen LogP contribution in [0.5, 0.6) is 0 Å². The molecule has 0 aliphatic carbocycles. The molecular weight excluding hydrogens is 222 g/mol. The van der Waals surface area contributed by atoms with Crippen molar-refractivity contribution in [1.29, 1.82) is 0 Å². The molecule has 2 aromatic carbocycles. The number of aliphatic hydroxyl groups is 1. The molecule has 2 rings (SSSR count). The molecule has 1 unspecified atom stereocenters. The normalized spacial score (nSPS) is 12.2. The van der Waals surface area contributed by atoms with E-state index in [1.54, 1.807) is 0 Å². The fourth-order valence-corrected chi connectivity index (χ4v) is 1.96. The molecule has 0 spiro atoms. The Morgan fingerprint density at radius 1 is 1.00 bits per heavy atom. The quantitative estimate of drug-likeness (QED) is 0.859. The van der Waals surface area contributed by atoms with Gasteiger partial charge in [0, 0.05) is 12.2 Å². The van der Waals surface area contributed by atoms with Crippen LogP contribution < -0.4 is 5.32 Å². The standard InChI is InChI=1S/C16H19NO/c1-12-7-9-14(10-8-12)17-11-16(18)15-6-4-3-5-13(15)2/h3-10,16-18H,11H2,1-2H3. The predicted octanol–water partition coefficient (Wildman–Crippen LogP) is 3.45. The summed E-state index contributed by atoms with van der Waals surface area (Å²) in [5.41, 5.74) is 4.38. The third kappa shape index (κ3) is 3.11. The lowest BCUT2D eigenvalue weighted by molar-refractivity contribution is 0.191. The van der Waals surface area contributed by atoms with Gasteiger partial charge in [-0.3, -0.25) is 0 Å². The largest absolute Gasteiger partial charge is 0.387 e. The average molecular weight is 241 g/mol. The van der Waals surface area contributed by atoms with Crippen LogP contribution in [-0.4, -0.2) is 11.7 Å². The summed E-state index contributed by atoms with van der Waals surface area (Å²) in [5, 5.41) is 13.4. The topological polar surface area (TPSA) is 32.3 Å². The Morgan fingerprint density at radius 2 is 1.67 bits per heavy atom. The average Bonchev–Trinajstić information content (AvgIpc) is 2.38. The maximum Gasteiger partial charge on any atom is 0.0964 e. The summed E-state index contributed by atoms with van der Waals surface area (Å²) >= 11 is 0. The fraction of sp³-hybridized carbons (Fsp3) is 0.250. The van der Waals surface area contributed by atoms with Crippen LogP contribution in [0.3, 0.4) is 0 Å². The van der Waals surface area contributed by atoms with E-state index in [9.17, 15) is 5.11 Å². The number of hydrogen-bond donors (Lipinski definition) is 2. The van der Waals surface area contributed by atoms with Gasteiger partial charge in [-0.1, -0.05) is 42.0 Å². The molecule has 18 heavy (non-hydrogen) atoms. The molecule has 0 bridgehead atoms. The zero-order valence-corrected chi connectivity index (χ0v) is 10.9. The first-order valence-electron chi connectivity index (χ1n) is 6.21. The van der Waals surface area contributed by atoms with E-state index in [2.05, 4.69) is 24.4 Å². The molecule has 0 radical (unpaired) electrons. The monoisotopic (exact) mass is 241 g/mol. The predicted molar refractivity (Wildman–Crippen MR) is 75.8 cm³/mol. The molecule has 0 fully saturated rings. The lowest BCUT2D eigenvalue weighted by Gasteiger charge is -2.15. The number of aryl methyl sites for hydroxylation is 2. The zero-order chi connectivity index (χ0) is 13.0. The first-order valence-corrected chi connectivity index (χ1v) is 6.21. The molecule has 0 amide bonds. The van der Waals surface area contributed by atoms with Gasteiger partial charge in [-0.2, -0.15) is 0 Å². The third-order valence-corrected chi connectivity index (χ3v) is 3.10. The smallest absolute Gasteiger partial charge is 0.0964 e. The van der Waals surface area contributed by atoms with Crippen molar-refractivity contribution in [2.45, 2.75) is 20.0 Å². The van der Waals surface area contributed by atoms with Crippen molar-refractivity contribution in [2.75, 3.05) is 11.9 Å². The number of nitrogens with one attached hydrogen (secondary N) is 1. The van der Waals surface area contributed by atoms with Crippen molar-refractivity contribution in [1.82, 2.24) is 0 Å². The van der Waals surface area contributed by atoms with Gasteiger partial charge in [-0.15, -0.1) is 0 Å². The summed E-state index contributed by atoms with van der Waals surface area (Å²) in [6, 6.07) is 16.1. The lowest BCUT2D eigenvalue weighted by Crippen LogP contribution is -2.13. The molecular formula is C16H19NO. The Balaban J connectivity index is 1.98. The van der Waals surface area contributed by atoms with Gasteiger partial charge < -0.3 is 10.4 Å². The third-order valence-electron chi connectivity index (χ3n) is 3.10. The highest BCUT2D eigenvalue weighted by atomic mass is 16.3. The van der Waals surface area contributed by atoms with Gasteiger partial charge in [-0.25, -0.2) is 0 Å². The first-order chi connectivity index (χ1) is 8.66. The fourth-order valence-electron chi connectivity index (χ4n) is 1.96. The van der Waals surface area contributed by atoms with Gasteiger partial charge in [0.1, 0.15) is 0 Å².